The SMILES string of the molecule is O=C(Nc1cccc(Cl)c1)c1ccc(N2C(=O)C3CC=CCC3C2=O)cc1. The van der Waals surface area contributed by atoms with Gasteiger partial charge in [-0.2, -0.15) is 0 Å². The van der Waals surface area contributed by atoms with Crippen molar-refractivity contribution in [3.63, 3.8) is 0 Å². The Hall–Kier alpha value is -2.92. The van der Waals surface area contributed by atoms with Crippen LogP contribution in [0.1, 0.15) is 23.2 Å². The molecule has 3 amide bonds. The van der Waals surface area contributed by atoms with E-state index in [1.165, 1.54) is 4.90 Å². The third kappa shape index (κ3) is 3.26. The minimum absolute atomic E-state index is 0.162. The van der Waals surface area contributed by atoms with E-state index in [4.69, 9.17) is 11.6 Å². The van der Waals surface area contributed by atoms with Crippen LogP contribution >= 0.6 is 11.6 Å². The molecule has 0 bridgehead atoms. The number of imide groups is 1. The highest BCUT2D eigenvalue weighted by molar-refractivity contribution is 6.31. The van der Waals surface area contributed by atoms with Crippen LogP contribution in [0.3, 0.4) is 0 Å². The molecular formula is C21H17ClN2O3. The number of fused-ring (bicyclic) bond motifs is 1. The number of anilines is 2. The molecule has 1 aliphatic heterocycles. The van der Waals surface area contributed by atoms with E-state index in [1.807, 2.05) is 12.2 Å². The number of amides is 3. The third-order valence-corrected chi connectivity index (χ3v) is 5.21. The quantitative estimate of drug-likeness (QED) is 0.645. The Morgan fingerprint density at radius 2 is 1.59 bits per heavy atom. The van der Waals surface area contributed by atoms with Gasteiger partial charge in [0.25, 0.3) is 5.91 Å². The fraction of sp³-hybridized carbons (Fsp3) is 0.190. The Bertz CT molecular complexity index is 926. The first kappa shape index (κ1) is 17.5. The Labute approximate surface area is 161 Å². The van der Waals surface area contributed by atoms with Crippen molar-refractivity contribution in [2.75, 3.05) is 10.2 Å². The maximum atomic E-state index is 12.6. The maximum Gasteiger partial charge on any atom is 0.255 e. The summed E-state index contributed by atoms with van der Waals surface area (Å²) in [6.07, 6.45) is 5.12. The minimum Gasteiger partial charge on any atom is -0.322 e. The van der Waals surface area contributed by atoms with E-state index in [0.29, 0.717) is 34.8 Å². The van der Waals surface area contributed by atoms with E-state index in [9.17, 15) is 14.4 Å². The molecule has 2 aliphatic rings. The zero-order chi connectivity index (χ0) is 19.0. The first-order valence-electron chi connectivity index (χ1n) is 8.74. The molecule has 2 aromatic rings. The molecule has 1 N–H and O–H groups in total. The Morgan fingerprint density at radius 1 is 0.963 bits per heavy atom. The lowest BCUT2D eigenvalue weighted by molar-refractivity contribution is -0.122. The van der Waals surface area contributed by atoms with Gasteiger partial charge >= 0.3 is 0 Å². The zero-order valence-corrected chi connectivity index (χ0v) is 15.1. The van der Waals surface area contributed by atoms with Crippen LogP contribution in [0.2, 0.25) is 5.02 Å². The van der Waals surface area contributed by atoms with Gasteiger partial charge in [0.15, 0.2) is 0 Å². The Kier molecular flexibility index (Phi) is 4.54. The second-order valence-electron chi connectivity index (χ2n) is 6.68. The summed E-state index contributed by atoms with van der Waals surface area (Å²) in [6, 6.07) is 13.4. The Balaban J connectivity index is 1.51. The van der Waals surface area contributed by atoms with E-state index in [1.54, 1.807) is 48.5 Å². The molecule has 2 atom stereocenters. The number of nitrogens with one attached hydrogen (secondary N) is 1. The van der Waals surface area contributed by atoms with Gasteiger partial charge in [0.05, 0.1) is 17.5 Å². The van der Waals surface area contributed by atoms with E-state index in [-0.39, 0.29) is 29.6 Å². The van der Waals surface area contributed by atoms with Crippen LogP contribution in [-0.4, -0.2) is 17.7 Å². The molecule has 0 radical (unpaired) electrons. The number of hydrogen-bond donors (Lipinski definition) is 1. The molecule has 0 saturated carbocycles. The minimum atomic E-state index is -0.291. The zero-order valence-electron chi connectivity index (χ0n) is 14.4. The van der Waals surface area contributed by atoms with Crippen molar-refractivity contribution in [1.82, 2.24) is 0 Å². The molecular weight excluding hydrogens is 364 g/mol. The monoisotopic (exact) mass is 380 g/mol. The second kappa shape index (κ2) is 7.00. The molecule has 2 aromatic carbocycles. The summed E-state index contributed by atoms with van der Waals surface area (Å²) in [6.45, 7) is 0. The first-order valence-corrected chi connectivity index (χ1v) is 9.12. The molecule has 0 aromatic heterocycles. The van der Waals surface area contributed by atoms with Crippen LogP contribution in [0.15, 0.2) is 60.7 Å². The molecule has 2 unspecified atom stereocenters. The van der Waals surface area contributed by atoms with Crippen molar-refractivity contribution in [3.8, 4) is 0 Å². The Morgan fingerprint density at radius 3 is 2.19 bits per heavy atom. The van der Waals surface area contributed by atoms with Crippen molar-refractivity contribution >= 4 is 40.7 Å². The van der Waals surface area contributed by atoms with Gasteiger partial charge in [-0.25, -0.2) is 0 Å². The number of benzene rings is 2. The third-order valence-electron chi connectivity index (χ3n) is 4.98. The highest BCUT2D eigenvalue weighted by Gasteiger charge is 2.47. The molecule has 27 heavy (non-hydrogen) atoms. The van der Waals surface area contributed by atoms with Crippen LogP contribution in [0.25, 0.3) is 0 Å². The molecule has 1 heterocycles. The summed E-state index contributed by atoms with van der Waals surface area (Å²) in [7, 11) is 0. The molecule has 6 heteroatoms. The normalized spacial score (nSPS) is 21.3. The van der Waals surface area contributed by atoms with Crippen LogP contribution < -0.4 is 10.2 Å². The topological polar surface area (TPSA) is 66.5 Å². The van der Waals surface area contributed by atoms with Crippen LogP contribution in [0.4, 0.5) is 11.4 Å². The molecule has 5 nitrogen and oxygen atoms in total. The number of carbonyl (C=O) groups is 3. The standard InChI is InChI=1S/C21H17ClN2O3/c22-14-4-3-5-15(12-14)23-19(25)13-8-10-16(11-9-13)24-20(26)17-6-1-2-7-18(17)21(24)27/h1-5,8-12,17-18H,6-7H2,(H,23,25). The van der Waals surface area contributed by atoms with E-state index in [0.717, 1.165) is 0 Å². The van der Waals surface area contributed by atoms with Gasteiger partial charge in [0.2, 0.25) is 11.8 Å². The van der Waals surface area contributed by atoms with Crippen LogP contribution in [-0.2, 0) is 9.59 Å². The highest BCUT2D eigenvalue weighted by Crippen LogP contribution is 2.37. The molecule has 1 fully saturated rings. The molecule has 4 rings (SSSR count). The number of halogens is 1. The fourth-order valence-electron chi connectivity index (χ4n) is 3.59. The summed E-state index contributed by atoms with van der Waals surface area (Å²) in [5, 5.41) is 3.30. The lowest BCUT2D eigenvalue weighted by atomic mass is 9.85. The second-order valence-corrected chi connectivity index (χ2v) is 7.12. The maximum absolute atomic E-state index is 12.6. The number of rotatable bonds is 3. The first-order chi connectivity index (χ1) is 13.0. The number of hydrogen-bond acceptors (Lipinski definition) is 3. The summed E-state index contributed by atoms with van der Waals surface area (Å²) >= 11 is 5.92. The average molecular weight is 381 g/mol. The summed E-state index contributed by atoms with van der Waals surface area (Å²) in [5.74, 6) is -1.15. The molecule has 0 spiro atoms. The van der Waals surface area contributed by atoms with E-state index >= 15 is 0 Å². The van der Waals surface area contributed by atoms with Crippen LogP contribution in [0, 0.1) is 11.8 Å². The summed E-state index contributed by atoms with van der Waals surface area (Å²) in [4.78, 5) is 38.9. The predicted molar refractivity (Wildman–Crippen MR) is 104 cm³/mol. The van der Waals surface area contributed by atoms with Crippen molar-refractivity contribution in [2.45, 2.75) is 12.8 Å². The summed E-state index contributed by atoms with van der Waals surface area (Å²) < 4.78 is 0. The lowest BCUT2D eigenvalue weighted by Gasteiger charge is -2.15. The van der Waals surface area contributed by atoms with Gasteiger partial charge in [-0.3, -0.25) is 19.3 Å². The van der Waals surface area contributed by atoms with Crippen molar-refractivity contribution in [2.24, 2.45) is 11.8 Å². The van der Waals surface area contributed by atoms with Crippen molar-refractivity contribution in [3.05, 3.63) is 71.3 Å². The van der Waals surface area contributed by atoms with Gasteiger partial charge in [0.1, 0.15) is 0 Å². The summed E-state index contributed by atoms with van der Waals surface area (Å²) in [5.41, 5.74) is 1.52. The van der Waals surface area contributed by atoms with Gasteiger partial charge in [-0.1, -0.05) is 29.8 Å². The fourth-order valence-corrected chi connectivity index (χ4v) is 3.78. The van der Waals surface area contributed by atoms with Crippen LogP contribution in [0.5, 0.6) is 0 Å². The number of carbonyl (C=O) groups excluding carboxylic acids is 3. The molecule has 136 valence electrons. The molecule has 1 aliphatic carbocycles. The number of allylic oxidation sites excluding steroid dienone is 2. The smallest absolute Gasteiger partial charge is 0.255 e. The largest absolute Gasteiger partial charge is 0.322 e. The van der Waals surface area contributed by atoms with E-state index in [2.05, 4.69) is 5.32 Å². The van der Waals surface area contributed by atoms with E-state index < -0.39 is 0 Å². The number of nitrogens with zero attached hydrogens (tertiary/aromatic N) is 1. The average Bonchev–Trinajstić information content (AvgIpc) is 2.93. The predicted octanol–water partition coefficient (Wildman–Crippen LogP) is 4.05. The molecule has 1 saturated heterocycles. The lowest BCUT2D eigenvalue weighted by Crippen LogP contribution is -2.30. The van der Waals surface area contributed by atoms with Gasteiger partial charge in [0, 0.05) is 16.3 Å². The van der Waals surface area contributed by atoms with Crippen molar-refractivity contribution in [1.29, 1.82) is 0 Å². The highest BCUT2D eigenvalue weighted by atomic mass is 35.5. The van der Waals surface area contributed by atoms with Crippen molar-refractivity contribution < 1.29 is 14.4 Å². The van der Waals surface area contributed by atoms with Gasteiger partial charge in [-0.15, -0.1) is 0 Å². The van der Waals surface area contributed by atoms with Gasteiger partial charge in [-0.05, 0) is 55.3 Å². The van der Waals surface area contributed by atoms with Gasteiger partial charge < -0.3 is 5.32 Å².